The van der Waals surface area contributed by atoms with E-state index in [1.54, 1.807) is 0 Å². The van der Waals surface area contributed by atoms with Gasteiger partial charge in [-0.25, -0.2) is 0 Å². The fourth-order valence-corrected chi connectivity index (χ4v) is 1.75. The largest absolute Gasteiger partial charge is 0.393 e. The third kappa shape index (κ3) is 3.28. The lowest BCUT2D eigenvalue weighted by atomic mass is 9.70. The fourth-order valence-electron chi connectivity index (χ4n) is 1.75. The van der Waals surface area contributed by atoms with E-state index in [9.17, 15) is 5.11 Å². The van der Waals surface area contributed by atoms with Gasteiger partial charge in [0, 0.05) is 0 Å². The van der Waals surface area contributed by atoms with Crippen LogP contribution in [-0.4, -0.2) is 19.1 Å². The van der Waals surface area contributed by atoms with Crippen LogP contribution in [0.25, 0.3) is 0 Å². The smallest absolute Gasteiger partial charge is 0.101 e. The average molecular weight is 156 g/mol. The van der Waals surface area contributed by atoms with Gasteiger partial charge in [0.15, 0.2) is 0 Å². The Balaban J connectivity index is 4.16. The minimum Gasteiger partial charge on any atom is -0.393 e. The highest BCUT2D eigenvalue weighted by atomic mass is 16.3. The van der Waals surface area contributed by atoms with Crippen LogP contribution in [0.3, 0.4) is 0 Å². The van der Waals surface area contributed by atoms with Crippen molar-refractivity contribution in [1.29, 1.82) is 0 Å². The van der Waals surface area contributed by atoms with Crippen LogP contribution in [0.1, 0.15) is 34.1 Å². The average Bonchev–Trinajstić information content (AvgIpc) is 1.86. The second-order valence-corrected chi connectivity index (χ2v) is 4.36. The van der Waals surface area contributed by atoms with Crippen LogP contribution in [0.5, 0.6) is 0 Å². The molecule has 0 aliphatic carbocycles. The molecule has 0 spiro atoms. The maximum atomic E-state index is 9.65. The van der Waals surface area contributed by atoms with Crippen molar-refractivity contribution in [3.63, 3.8) is 0 Å². The van der Waals surface area contributed by atoms with Gasteiger partial charge in [0.1, 0.15) is 7.85 Å². The van der Waals surface area contributed by atoms with E-state index in [0.29, 0.717) is 5.92 Å². The van der Waals surface area contributed by atoms with Crippen LogP contribution in [0.2, 0.25) is 6.32 Å². The number of hydrogen-bond donors (Lipinski definition) is 1. The number of aliphatic hydroxyl groups is 1. The Labute approximate surface area is 71.6 Å². The van der Waals surface area contributed by atoms with Crippen molar-refractivity contribution in [3.05, 3.63) is 0 Å². The van der Waals surface area contributed by atoms with Gasteiger partial charge in [0.25, 0.3) is 0 Å². The molecule has 0 aromatic rings. The highest BCUT2D eigenvalue weighted by Crippen LogP contribution is 2.32. The molecule has 0 radical (unpaired) electrons. The molecule has 0 fully saturated rings. The predicted molar refractivity (Wildman–Crippen MR) is 52.6 cm³/mol. The first-order chi connectivity index (χ1) is 4.93. The van der Waals surface area contributed by atoms with Crippen molar-refractivity contribution in [3.8, 4) is 0 Å². The first kappa shape index (κ1) is 11.0. The quantitative estimate of drug-likeness (QED) is 0.613. The molecule has 0 heterocycles. The van der Waals surface area contributed by atoms with Crippen LogP contribution in [0.15, 0.2) is 0 Å². The van der Waals surface area contributed by atoms with Gasteiger partial charge in [-0.05, 0) is 17.8 Å². The summed E-state index contributed by atoms with van der Waals surface area (Å²) in [5, 5.41) is 9.65. The molecule has 0 saturated heterocycles. The van der Waals surface area contributed by atoms with Gasteiger partial charge < -0.3 is 5.11 Å². The molecule has 0 bridgehead atoms. The molecule has 66 valence electrons. The van der Waals surface area contributed by atoms with Crippen molar-refractivity contribution in [2.75, 3.05) is 0 Å². The van der Waals surface area contributed by atoms with Crippen LogP contribution in [0, 0.1) is 11.3 Å². The minimum absolute atomic E-state index is 0.125. The van der Waals surface area contributed by atoms with E-state index in [1.165, 1.54) is 0 Å². The Morgan fingerprint density at radius 3 is 1.91 bits per heavy atom. The zero-order valence-corrected chi connectivity index (χ0v) is 8.52. The molecule has 0 aliphatic rings. The summed E-state index contributed by atoms with van der Waals surface area (Å²) in [5.74, 6) is 0.437. The van der Waals surface area contributed by atoms with E-state index in [0.717, 1.165) is 12.7 Å². The summed E-state index contributed by atoms with van der Waals surface area (Å²) in [6, 6.07) is 0. The minimum atomic E-state index is -0.125. The maximum absolute atomic E-state index is 9.65. The molecule has 1 N–H and O–H groups in total. The van der Waals surface area contributed by atoms with Crippen molar-refractivity contribution in [2.45, 2.75) is 46.5 Å². The highest BCUT2D eigenvalue weighted by molar-refractivity contribution is 6.08. The predicted octanol–water partition coefficient (Wildman–Crippen LogP) is 1.47. The molecule has 2 atom stereocenters. The molecule has 0 aliphatic heterocycles. The lowest BCUT2D eigenvalue weighted by molar-refractivity contribution is 0.0520. The van der Waals surface area contributed by atoms with Gasteiger partial charge >= 0.3 is 0 Å². The second kappa shape index (κ2) is 4.15. The molecular formula is C9H21BO. The van der Waals surface area contributed by atoms with Crippen molar-refractivity contribution in [1.82, 2.24) is 0 Å². The lowest BCUT2D eigenvalue weighted by Crippen LogP contribution is -2.31. The molecular weight excluding hydrogens is 135 g/mol. The fraction of sp³-hybridized carbons (Fsp3) is 1.00. The standard InChI is InChI=1S/C9H21BO/c1-5-8(11)7(6-10)9(2,3)4/h7-8,11H,5-6,10H2,1-4H3. The Morgan fingerprint density at radius 2 is 1.82 bits per heavy atom. The summed E-state index contributed by atoms with van der Waals surface area (Å²) in [5.41, 5.74) is 0.240. The van der Waals surface area contributed by atoms with Crippen molar-refractivity contribution >= 4 is 7.85 Å². The lowest BCUT2D eigenvalue weighted by Gasteiger charge is -2.33. The molecule has 0 aromatic carbocycles. The Hall–Kier alpha value is 0.0249. The van der Waals surface area contributed by atoms with Gasteiger partial charge in [-0.15, -0.1) is 0 Å². The molecule has 0 saturated carbocycles. The molecule has 1 nitrogen and oxygen atoms in total. The number of aliphatic hydroxyl groups excluding tert-OH is 1. The third-order valence-corrected chi connectivity index (χ3v) is 2.43. The highest BCUT2D eigenvalue weighted by Gasteiger charge is 2.27. The van der Waals surface area contributed by atoms with E-state index in [2.05, 4.69) is 28.6 Å². The second-order valence-electron chi connectivity index (χ2n) is 4.36. The third-order valence-electron chi connectivity index (χ3n) is 2.43. The number of rotatable bonds is 3. The van der Waals surface area contributed by atoms with Gasteiger partial charge in [-0.2, -0.15) is 0 Å². The van der Waals surface area contributed by atoms with Crippen molar-refractivity contribution < 1.29 is 5.11 Å². The molecule has 2 heteroatoms. The van der Waals surface area contributed by atoms with Crippen LogP contribution >= 0.6 is 0 Å². The van der Waals surface area contributed by atoms with Crippen LogP contribution < -0.4 is 0 Å². The van der Waals surface area contributed by atoms with Gasteiger partial charge in [0.2, 0.25) is 0 Å². The first-order valence-electron chi connectivity index (χ1n) is 4.61. The van der Waals surface area contributed by atoms with Gasteiger partial charge in [-0.1, -0.05) is 34.0 Å². The van der Waals surface area contributed by atoms with Crippen LogP contribution in [-0.2, 0) is 0 Å². The Kier molecular flexibility index (Phi) is 4.16. The Morgan fingerprint density at radius 1 is 1.36 bits per heavy atom. The Bertz CT molecular complexity index is 107. The number of hydrogen-bond acceptors (Lipinski definition) is 1. The summed E-state index contributed by atoms with van der Waals surface area (Å²) in [6.07, 6.45) is 1.81. The molecule has 0 aromatic heterocycles. The van der Waals surface area contributed by atoms with Gasteiger partial charge in [-0.3, -0.25) is 0 Å². The summed E-state index contributed by atoms with van der Waals surface area (Å²) in [4.78, 5) is 0. The topological polar surface area (TPSA) is 20.2 Å². The first-order valence-corrected chi connectivity index (χ1v) is 4.61. The van der Waals surface area contributed by atoms with Gasteiger partial charge in [0.05, 0.1) is 6.10 Å². The van der Waals surface area contributed by atoms with E-state index >= 15 is 0 Å². The summed E-state index contributed by atoms with van der Waals surface area (Å²) >= 11 is 0. The SMILES string of the molecule is BCC(C(O)CC)C(C)(C)C. The monoisotopic (exact) mass is 156 g/mol. The molecule has 0 rings (SSSR count). The van der Waals surface area contributed by atoms with Crippen LogP contribution in [0.4, 0.5) is 0 Å². The normalized spacial score (nSPS) is 17.9. The zero-order valence-electron chi connectivity index (χ0n) is 8.52. The summed E-state index contributed by atoms with van der Waals surface area (Å²) < 4.78 is 0. The molecule has 2 unspecified atom stereocenters. The zero-order chi connectivity index (χ0) is 9.07. The molecule has 11 heavy (non-hydrogen) atoms. The van der Waals surface area contributed by atoms with Crippen molar-refractivity contribution in [2.24, 2.45) is 11.3 Å². The van der Waals surface area contributed by atoms with E-state index in [-0.39, 0.29) is 11.5 Å². The van der Waals surface area contributed by atoms with E-state index in [1.807, 2.05) is 6.92 Å². The van der Waals surface area contributed by atoms with E-state index < -0.39 is 0 Å². The maximum Gasteiger partial charge on any atom is 0.101 e. The summed E-state index contributed by atoms with van der Waals surface area (Å²) in [6.45, 7) is 8.62. The molecule has 0 amide bonds. The summed E-state index contributed by atoms with van der Waals surface area (Å²) in [7, 11) is 2.15. The van der Waals surface area contributed by atoms with E-state index in [4.69, 9.17) is 0 Å².